The smallest absolute Gasteiger partial charge is 0.352 e. The van der Waals surface area contributed by atoms with Crippen LogP contribution in [-0.2, 0) is 11.3 Å². The van der Waals surface area contributed by atoms with Crippen LogP contribution in [0.5, 0.6) is 0 Å². The van der Waals surface area contributed by atoms with Crippen LogP contribution >= 0.6 is 23.1 Å². The Morgan fingerprint density at radius 3 is 2.65 bits per heavy atom. The molecule has 1 heterocycles. The van der Waals surface area contributed by atoms with E-state index in [9.17, 15) is 9.18 Å². The number of carbonyl (C=O) groups excluding carboxylic acids is 1. The fraction of sp³-hybridized carbons (Fsp3) is 0.0625. The molecule has 0 saturated carbocycles. The summed E-state index contributed by atoms with van der Waals surface area (Å²) in [5.74, 6) is -0.904. The lowest BCUT2D eigenvalue weighted by Crippen LogP contribution is -2.05. The zero-order valence-corrected chi connectivity index (χ0v) is 13.3. The molecular formula is C16H10ClFN2O2S. The summed E-state index contributed by atoms with van der Waals surface area (Å²) < 4.78 is 22.1. The number of carbonyl (C=O) groups is 1. The van der Waals surface area contributed by atoms with Crippen LogP contribution in [-0.4, -0.2) is 15.6 Å². The number of aromatic nitrogens is 2. The topological polar surface area (TPSA) is 52.1 Å². The molecule has 0 fully saturated rings. The Morgan fingerprint density at radius 2 is 1.91 bits per heavy atom. The number of benzene rings is 2. The standard InChI is InChI=1S/C16H10ClFN2O2S/c17-13-4-2-1-3-11(13)9-22-16(21)15-14(19-20-23-15)10-5-7-12(18)8-6-10/h1-8H,9H2. The molecule has 116 valence electrons. The van der Waals surface area contributed by atoms with Gasteiger partial charge in [-0.05, 0) is 41.9 Å². The maximum atomic E-state index is 13.0. The first-order valence-electron chi connectivity index (χ1n) is 6.64. The predicted octanol–water partition coefficient (Wildman–Crippen LogP) is 4.35. The number of hydrogen-bond donors (Lipinski definition) is 0. The van der Waals surface area contributed by atoms with Gasteiger partial charge in [0.2, 0.25) is 0 Å². The van der Waals surface area contributed by atoms with Crippen molar-refractivity contribution in [3.63, 3.8) is 0 Å². The van der Waals surface area contributed by atoms with Crippen molar-refractivity contribution in [3.05, 3.63) is 69.8 Å². The molecule has 0 unspecified atom stereocenters. The maximum Gasteiger partial charge on any atom is 0.352 e. The first-order chi connectivity index (χ1) is 11.1. The van der Waals surface area contributed by atoms with Gasteiger partial charge >= 0.3 is 5.97 Å². The Kier molecular flexibility index (Phi) is 4.64. The van der Waals surface area contributed by atoms with E-state index in [1.807, 2.05) is 6.07 Å². The number of esters is 1. The Labute approximate surface area is 140 Å². The highest BCUT2D eigenvalue weighted by atomic mass is 35.5. The Balaban J connectivity index is 1.77. The van der Waals surface area contributed by atoms with E-state index < -0.39 is 5.97 Å². The van der Waals surface area contributed by atoms with Gasteiger partial charge in [-0.3, -0.25) is 0 Å². The average molecular weight is 349 g/mol. The second-order valence-corrected chi connectivity index (χ2v) is 5.79. The van der Waals surface area contributed by atoms with Crippen LogP contribution in [0.25, 0.3) is 11.3 Å². The molecule has 7 heteroatoms. The van der Waals surface area contributed by atoms with Crippen molar-refractivity contribution in [3.8, 4) is 11.3 Å². The van der Waals surface area contributed by atoms with E-state index in [0.29, 0.717) is 21.8 Å². The Morgan fingerprint density at radius 1 is 1.17 bits per heavy atom. The number of rotatable bonds is 4. The summed E-state index contributed by atoms with van der Waals surface area (Å²) in [6.45, 7) is 0.0548. The van der Waals surface area contributed by atoms with E-state index in [2.05, 4.69) is 9.59 Å². The molecule has 0 bridgehead atoms. The van der Waals surface area contributed by atoms with Crippen LogP contribution in [0.3, 0.4) is 0 Å². The zero-order chi connectivity index (χ0) is 16.2. The van der Waals surface area contributed by atoms with Crippen LogP contribution in [0.2, 0.25) is 5.02 Å². The lowest BCUT2D eigenvalue weighted by Gasteiger charge is -2.06. The van der Waals surface area contributed by atoms with Crippen molar-refractivity contribution in [1.29, 1.82) is 0 Å². The van der Waals surface area contributed by atoms with E-state index in [-0.39, 0.29) is 17.3 Å². The summed E-state index contributed by atoms with van der Waals surface area (Å²) >= 11 is 6.96. The normalized spacial score (nSPS) is 10.5. The minimum atomic E-state index is -0.542. The van der Waals surface area contributed by atoms with Crippen molar-refractivity contribution in [1.82, 2.24) is 9.59 Å². The fourth-order valence-electron chi connectivity index (χ4n) is 1.95. The van der Waals surface area contributed by atoms with Crippen molar-refractivity contribution in [2.24, 2.45) is 0 Å². The molecule has 2 aromatic carbocycles. The Bertz CT molecular complexity index is 836. The van der Waals surface area contributed by atoms with Gasteiger partial charge in [0, 0.05) is 16.1 Å². The van der Waals surface area contributed by atoms with Gasteiger partial charge in [0.25, 0.3) is 0 Å². The van der Waals surface area contributed by atoms with E-state index in [1.54, 1.807) is 18.2 Å². The summed E-state index contributed by atoms with van der Waals surface area (Å²) in [5, 5.41) is 4.46. The van der Waals surface area contributed by atoms with Crippen molar-refractivity contribution in [2.75, 3.05) is 0 Å². The molecule has 3 rings (SSSR count). The summed E-state index contributed by atoms with van der Waals surface area (Å²) in [4.78, 5) is 12.5. The molecule has 4 nitrogen and oxygen atoms in total. The predicted molar refractivity (Wildman–Crippen MR) is 85.9 cm³/mol. The highest BCUT2D eigenvalue weighted by Crippen LogP contribution is 2.25. The minimum Gasteiger partial charge on any atom is -0.456 e. The third kappa shape index (κ3) is 3.55. The number of ether oxygens (including phenoxy) is 1. The summed E-state index contributed by atoms with van der Waals surface area (Å²) in [7, 11) is 0. The van der Waals surface area contributed by atoms with Crippen LogP contribution in [0.1, 0.15) is 15.2 Å². The summed E-state index contributed by atoms with van der Waals surface area (Å²) in [6.07, 6.45) is 0. The van der Waals surface area contributed by atoms with Crippen molar-refractivity contribution >= 4 is 29.1 Å². The highest BCUT2D eigenvalue weighted by molar-refractivity contribution is 7.08. The molecule has 0 N–H and O–H groups in total. The molecule has 0 atom stereocenters. The molecule has 3 aromatic rings. The molecule has 1 aromatic heterocycles. The van der Waals surface area contributed by atoms with Crippen LogP contribution in [0, 0.1) is 5.82 Å². The van der Waals surface area contributed by atoms with Crippen LogP contribution in [0.15, 0.2) is 48.5 Å². The molecule has 0 aliphatic rings. The van der Waals surface area contributed by atoms with Crippen molar-refractivity contribution < 1.29 is 13.9 Å². The highest BCUT2D eigenvalue weighted by Gasteiger charge is 2.19. The van der Waals surface area contributed by atoms with Crippen LogP contribution in [0.4, 0.5) is 4.39 Å². The molecule has 0 spiro atoms. The molecule has 0 aliphatic carbocycles. The lowest BCUT2D eigenvalue weighted by atomic mass is 10.1. The number of nitrogens with zero attached hydrogens (tertiary/aromatic N) is 2. The first kappa shape index (κ1) is 15.6. The van der Waals surface area contributed by atoms with E-state index in [0.717, 1.165) is 11.5 Å². The third-order valence-electron chi connectivity index (χ3n) is 3.11. The van der Waals surface area contributed by atoms with Gasteiger partial charge in [-0.1, -0.05) is 34.3 Å². The van der Waals surface area contributed by atoms with E-state index in [1.165, 1.54) is 24.3 Å². The minimum absolute atomic E-state index is 0.0548. The largest absolute Gasteiger partial charge is 0.456 e. The van der Waals surface area contributed by atoms with Gasteiger partial charge in [0.1, 0.15) is 18.1 Å². The lowest BCUT2D eigenvalue weighted by molar-refractivity contribution is 0.0479. The van der Waals surface area contributed by atoms with Gasteiger partial charge in [0.15, 0.2) is 4.88 Å². The summed E-state index contributed by atoms with van der Waals surface area (Å²) in [6, 6.07) is 12.8. The SMILES string of the molecule is O=C(OCc1ccccc1Cl)c1snnc1-c1ccc(F)cc1. The zero-order valence-electron chi connectivity index (χ0n) is 11.7. The van der Waals surface area contributed by atoms with Gasteiger partial charge in [0.05, 0.1) is 0 Å². The summed E-state index contributed by atoms with van der Waals surface area (Å²) in [5.41, 5.74) is 1.69. The second kappa shape index (κ2) is 6.85. The maximum absolute atomic E-state index is 13.0. The molecule has 23 heavy (non-hydrogen) atoms. The molecular weight excluding hydrogens is 339 g/mol. The number of halogens is 2. The fourth-order valence-corrected chi connectivity index (χ4v) is 2.72. The third-order valence-corrected chi connectivity index (χ3v) is 4.18. The van der Waals surface area contributed by atoms with Crippen molar-refractivity contribution in [2.45, 2.75) is 6.61 Å². The van der Waals surface area contributed by atoms with Gasteiger partial charge in [-0.15, -0.1) is 5.10 Å². The van der Waals surface area contributed by atoms with E-state index in [4.69, 9.17) is 16.3 Å². The van der Waals surface area contributed by atoms with Gasteiger partial charge in [-0.2, -0.15) is 0 Å². The van der Waals surface area contributed by atoms with E-state index >= 15 is 0 Å². The quantitative estimate of drug-likeness (QED) is 0.657. The second-order valence-electron chi connectivity index (χ2n) is 4.63. The molecule has 0 radical (unpaired) electrons. The monoisotopic (exact) mass is 348 g/mol. The molecule has 0 amide bonds. The molecule has 0 aliphatic heterocycles. The number of hydrogen-bond acceptors (Lipinski definition) is 5. The van der Waals surface area contributed by atoms with Gasteiger partial charge < -0.3 is 4.74 Å². The van der Waals surface area contributed by atoms with Gasteiger partial charge in [-0.25, -0.2) is 9.18 Å². The average Bonchev–Trinajstić information content (AvgIpc) is 3.04. The first-order valence-corrected chi connectivity index (χ1v) is 7.79. The molecule has 0 saturated heterocycles. The van der Waals surface area contributed by atoms with Crippen LogP contribution < -0.4 is 0 Å². The Hall–Kier alpha value is -2.31.